The lowest BCUT2D eigenvalue weighted by atomic mass is 10.1. The van der Waals surface area contributed by atoms with Gasteiger partial charge in [0.2, 0.25) is 5.91 Å². The Morgan fingerprint density at radius 1 is 1.11 bits per heavy atom. The topological polar surface area (TPSA) is 110 Å². The first kappa shape index (κ1) is 19.6. The van der Waals surface area contributed by atoms with Gasteiger partial charge in [-0.15, -0.1) is 0 Å². The van der Waals surface area contributed by atoms with Crippen molar-refractivity contribution in [3.05, 3.63) is 59.2 Å². The Balaban J connectivity index is 1.80. The summed E-state index contributed by atoms with van der Waals surface area (Å²) in [7, 11) is -4.07. The summed E-state index contributed by atoms with van der Waals surface area (Å²) in [4.78, 5) is 36.7. The van der Waals surface area contributed by atoms with Gasteiger partial charge in [-0.3, -0.25) is 9.59 Å². The van der Waals surface area contributed by atoms with Gasteiger partial charge in [0.05, 0.1) is 17.7 Å². The van der Waals surface area contributed by atoms with Crippen molar-refractivity contribution < 1.29 is 27.5 Å². The quantitative estimate of drug-likeness (QED) is 0.766. The molecule has 0 fully saturated rings. The van der Waals surface area contributed by atoms with E-state index in [0.717, 1.165) is 0 Å². The van der Waals surface area contributed by atoms with E-state index in [4.69, 9.17) is 4.74 Å². The standard InChI is InChI=1S/C19H18N2O6S/c1-3-27-19(24)13-8-6-9-15(12(13)2)20-17(22)11-21-18(23)14-7-4-5-10-16(14)28(21,25)26/h4-10H,3,11H2,1-2H3,(H,20,22). The zero-order valence-corrected chi connectivity index (χ0v) is 16.1. The van der Waals surface area contributed by atoms with Crippen LogP contribution in [0.3, 0.4) is 0 Å². The number of esters is 1. The fourth-order valence-corrected chi connectivity index (χ4v) is 4.43. The van der Waals surface area contributed by atoms with E-state index in [1.165, 1.54) is 18.2 Å². The minimum atomic E-state index is -4.07. The van der Waals surface area contributed by atoms with Crippen molar-refractivity contribution in [2.45, 2.75) is 18.7 Å². The summed E-state index contributed by atoms with van der Waals surface area (Å²) in [6, 6.07) is 10.5. The van der Waals surface area contributed by atoms with E-state index in [1.54, 1.807) is 38.1 Å². The number of hydrogen-bond acceptors (Lipinski definition) is 6. The molecule has 1 aliphatic rings. The number of ether oxygens (including phenoxy) is 1. The van der Waals surface area contributed by atoms with Crippen molar-refractivity contribution >= 4 is 33.5 Å². The third kappa shape index (κ3) is 3.36. The van der Waals surface area contributed by atoms with Crippen LogP contribution in [0.4, 0.5) is 5.69 Å². The predicted molar refractivity (Wildman–Crippen MR) is 100 cm³/mol. The van der Waals surface area contributed by atoms with Gasteiger partial charge < -0.3 is 10.1 Å². The number of sulfonamides is 1. The van der Waals surface area contributed by atoms with E-state index in [-0.39, 0.29) is 22.6 Å². The van der Waals surface area contributed by atoms with Gasteiger partial charge in [-0.2, -0.15) is 0 Å². The van der Waals surface area contributed by atoms with Crippen LogP contribution < -0.4 is 5.32 Å². The van der Waals surface area contributed by atoms with Crippen LogP contribution in [0.25, 0.3) is 0 Å². The van der Waals surface area contributed by atoms with Crippen LogP contribution >= 0.6 is 0 Å². The number of fused-ring (bicyclic) bond motifs is 1. The Morgan fingerprint density at radius 2 is 1.82 bits per heavy atom. The van der Waals surface area contributed by atoms with Gasteiger partial charge in [-0.25, -0.2) is 17.5 Å². The molecule has 1 aliphatic heterocycles. The Morgan fingerprint density at radius 3 is 2.50 bits per heavy atom. The first-order chi connectivity index (χ1) is 13.3. The number of anilines is 1. The number of carbonyl (C=O) groups is 3. The molecule has 28 heavy (non-hydrogen) atoms. The largest absolute Gasteiger partial charge is 0.462 e. The summed E-state index contributed by atoms with van der Waals surface area (Å²) in [5, 5.41) is 2.55. The Labute approximate surface area is 162 Å². The fourth-order valence-electron chi connectivity index (χ4n) is 2.91. The van der Waals surface area contributed by atoms with Gasteiger partial charge in [-0.1, -0.05) is 18.2 Å². The van der Waals surface area contributed by atoms with E-state index in [0.29, 0.717) is 15.6 Å². The molecular weight excluding hydrogens is 384 g/mol. The summed E-state index contributed by atoms with van der Waals surface area (Å²) in [5.74, 6) is -1.97. The van der Waals surface area contributed by atoms with Crippen LogP contribution in [0, 0.1) is 6.92 Å². The molecule has 2 amide bonds. The number of nitrogens with one attached hydrogen (secondary N) is 1. The van der Waals surface area contributed by atoms with Crippen molar-refractivity contribution in [3.8, 4) is 0 Å². The summed E-state index contributed by atoms with van der Waals surface area (Å²) in [6.45, 7) is 2.86. The van der Waals surface area contributed by atoms with Crippen molar-refractivity contribution in [1.29, 1.82) is 0 Å². The first-order valence-corrected chi connectivity index (χ1v) is 9.94. The second-order valence-corrected chi connectivity index (χ2v) is 7.89. The van der Waals surface area contributed by atoms with Crippen LogP contribution in [-0.2, 0) is 19.6 Å². The summed E-state index contributed by atoms with van der Waals surface area (Å²) < 4.78 is 30.6. The highest BCUT2D eigenvalue weighted by molar-refractivity contribution is 7.90. The van der Waals surface area contributed by atoms with Crippen LogP contribution in [0.2, 0.25) is 0 Å². The van der Waals surface area contributed by atoms with Crippen molar-refractivity contribution in [3.63, 3.8) is 0 Å². The highest BCUT2D eigenvalue weighted by atomic mass is 32.2. The highest BCUT2D eigenvalue weighted by Gasteiger charge is 2.41. The zero-order chi connectivity index (χ0) is 20.5. The van der Waals surface area contributed by atoms with Gasteiger partial charge in [0.1, 0.15) is 11.4 Å². The lowest BCUT2D eigenvalue weighted by Crippen LogP contribution is -2.37. The Bertz CT molecular complexity index is 1080. The lowest BCUT2D eigenvalue weighted by molar-refractivity contribution is -0.116. The number of carbonyl (C=O) groups excluding carboxylic acids is 3. The molecule has 0 unspecified atom stereocenters. The normalized spacial score (nSPS) is 14.5. The molecule has 3 rings (SSSR count). The van der Waals surface area contributed by atoms with Gasteiger partial charge in [0, 0.05) is 5.69 Å². The predicted octanol–water partition coefficient (Wildman–Crippen LogP) is 1.95. The number of benzene rings is 2. The summed E-state index contributed by atoms with van der Waals surface area (Å²) >= 11 is 0. The average Bonchev–Trinajstić information content (AvgIpc) is 2.85. The SMILES string of the molecule is CCOC(=O)c1cccc(NC(=O)CN2C(=O)c3ccccc3S2(=O)=O)c1C. The molecule has 0 bridgehead atoms. The molecule has 9 heteroatoms. The van der Waals surface area contributed by atoms with E-state index < -0.39 is 34.4 Å². The molecule has 1 N–H and O–H groups in total. The molecule has 2 aromatic carbocycles. The smallest absolute Gasteiger partial charge is 0.338 e. The van der Waals surface area contributed by atoms with Crippen LogP contribution in [0.1, 0.15) is 33.2 Å². The minimum absolute atomic E-state index is 0.0378. The molecule has 0 aliphatic carbocycles. The number of nitrogens with zero attached hydrogens (tertiary/aromatic N) is 1. The molecule has 0 atom stereocenters. The van der Waals surface area contributed by atoms with Crippen molar-refractivity contribution in [1.82, 2.24) is 4.31 Å². The van der Waals surface area contributed by atoms with Crippen LogP contribution in [0.5, 0.6) is 0 Å². The average molecular weight is 402 g/mol. The van der Waals surface area contributed by atoms with Crippen LogP contribution in [-0.4, -0.2) is 43.7 Å². The molecule has 0 saturated carbocycles. The Hall–Kier alpha value is -3.20. The van der Waals surface area contributed by atoms with E-state index in [1.807, 2.05) is 0 Å². The van der Waals surface area contributed by atoms with Gasteiger partial charge >= 0.3 is 5.97 Å². The van der Waals surface area contributed by atoms with E-state index in [2.05, 4.69) is 5.32 Å². The molecule has 2 aromatic rings. The third-order valence-electron chi connectivity index (χ3n) is 4.30. The van der Waals surface area contributed by atoms with Gasteiger partial charge in [0.25, 0.3) is 15.9 Å². The Kier molecular flexibility index (Phi) is 5.19. The molecule has 0 radical (unpaired) electrons. The molecule has 0 aromatic heterocycles. The second kappa shape index (κ2) is 7.43. The second-order valence-electron chi connectivity index (χ2n) is 6.06. The van der Waals surface area contributed by atoms with Gasteiger partial charge in [-0.05, 0) is 43.7 Å². The van der Waals surface area contributed by atoms with Crippen LogP contribution in [0.15, 0.2) is 47.4 Å². The molecule has 0 saturated heterocycles. The molecule has 146 valence electrons. The van der Waals surface area contributed by atoms with E-state index >= 15 is 0 Å². The third-order valence-corrected chi connectivity index (χ3v) is 6.09. The maximum atomic E-state index is 12.5. The molecule has 1 heterocycles. The first-order valence-electron chi connectivity index (χ1n) is 8.50. The van der Waals surface area contributed by atoms with Gasteiger partial charge in [0.15, 0.2) is 0 Å². The number of hydrogen-bond donors (Lipinski definition) is 1. The molecule has 0 spiro atoms. The zero-order valence-electron chi connectivity index (χ0n) is 15.3. The maximum absolute atomic E-state index is 12.5. The van der Waals surface area contributed by atoms with Crippen molar-refractivity contribution in [2.24, 2.45) is 0 Å². The summed E-state index contributed by atoms with van der Waals surface area (Å²) in [5.41, 5.74) is 1.14. The molecule has 8 nitrogen and oxygen atoms in total. The maximum Gasteiger partial charge on any atom is 0.338 e. The van der Waals surface area contributed by atoms with Crippen molar-refractivity contribution in [2.75, 3.05) is 18.5 Å². The fraction of sp³-hybridized carbons (Fsp3) is 0.211. The number of amides is 2. The minimum Gasteiger partial charge on any atom is -0.462 e. The highest BCUT2D eigenvalue weighted by Crippen LogP contribution is 2.29. The lowest BCUT2D eigenvalue weighted by Gasteiger charge is -2.16. The number of rotatable bonds is 5. The summed E-state index contributed by atoms with van der Waals surface area (Å²) in [6.07, 6.45) is 0. The van der Waals surface area contributed by atoms with E-state index in [9.17, 15) is 22.8 Å². The molecular formula is C19H18N2O6S. The monoisotopic (exact) mass is 402 g/mol.